The maximum atomic E-state index is 13.1. The van der Waals surface area contributed by atoms with Crippen LogP contribution in [0.15, 0.2) is 65.8 Å². The SMILES string of the molecule is CC1=CC(Cc2c(-c3ccc(N(C)C(=O)C4CCC(=O)N4C)cc3)sc3cc(O)ccc23)=CCC1CN1CCCC1. The molecular weight excluding hydrogens is 530 g/mol. The molecule has 1 N–H and O–H groups in total. The Labute approximate surface area is 246 Å². The van der Waals surface area contributed by atoms with Crippen LogP contribution in [0.1, 0.15) is 44.6 Å². The molecule has 1 aliphatic carbocycles. The lowest BCUT2D eigenvalue weighted by atomic mass is 9.86. The van der Waals surface area contributed by atoms with Crippen LogP contribution in [0.4, 0.5) is 5.69 Å². The molecule has 6 nitrogen and oxygen atoms in total. The number of amides is 2. The first-order chi connectivity index (χ1) is 19.8. The predicted octanol–water partition coefficient (Wildman–Crippen LogP) is 6.39. The average Bonchev–Trinajstić information content (AvgIpc) is 3.69. The zero-order chi connectivity index (χ0) is 28.7. The average molecular weight is 570 g/mol. The van der Waals surface area contributed by atoms with Crippen LogP contribution in [0, 0.1) is 5.92 Å². The molecule has 2 atom stereocenters. The van der Waals surface area contributed by atoms with Crippen molar-refractivity contribution in [1.29, 1.82) is 0 Å². The Bertz CT molecular complexity index is 1530. The highest BCUT2D eigenvalue weighted by molar-refractivity contribution is 7.22. The lowest BCUT2D eigenvalue weighted by Gasteiger charge is -2.26. The van der Waals surface area contributed by atoms with Crippen molar-refractivity contribution >= 4 is 38.9 Å². The van der Waals surface area contributed by atoms with Gasteiger partial charge in [-0.1, -0.05) is 29.9 Å². The van der Waals surface area contributed by atoms with Crippen molar-refractivity contribution in [2.24, 2.45) is 5.92 Å². The highest BCUT2D eigenvalue weighted by Gasteiger charge is 2.35. The Morgan fingerprint density at radius 3 is 2.56 bits per heavy atom. The molecule has 0 bridgehead atoms. The van der Waals surface area contributed by atoms with Crippen molar-refractivity contribution in [1.82, 2.24) is 9.80 Å². The first-order valence-electron chi connectivity index (χ1n) is 14.8. The molecule has 2 aliphatic heterocycles. The van der Waals surface area contributed by atoms with Gasteiger partial charge in [0, 0.05) is 42.3 Å². The second-order valence-electron chi connectivity index (χ2n) is 11.9. The molecule has 1 aromatic heterocycles. The summed E-state index contributed by atoms with van der Waals surface area (Å²) in [5.41, 5.74) is 6.01. The van der Waals surface area contributed by atoms with Crippen LogP contribution in [0.3, 0.4) is 0 Å². The molecule has 2 aromatic carbocycles. The third kappa shape index (κ3) is 5.57. The number of likely N-dealkylation sites (tertiary alicyclic amines) is 2. The van der Waals surface area contributed by atoms with E-state index in [9.17, 15) is 14.7 Å². The highest BCUT2D eigenvalue weighted by Crippen LogP contribution is 2.42. The molecular formula is C34H39N3O3S. The van der Waals surface area contributed by atoms with E-state index < -0.39 is 6.04 Å². The molecule has 7 heteroatoms. The summed E-state index contributed by atoms with van der Waals surface area (Å²) in [5, 5.41) is 11.4. The fraction of sp³-hybridized carbons (Fsp3) is 0.412. The third-order valence-corrected chi connectivity index (χ3v) is 10.4. The molecule has 3 heterocycles. The number of phenols is 1. The van der Waals surface area contributed by atoms with Gasteiger partial charge >= 0.3 is 0 Å². The van der Waals surface area contributed by atoms with E-state index in [1.807, 2.05) is 24.3 Å². The van der Waals surface area contributed by atoms with Gasteiger partial charge in [0.15, 0.2) is 0 Å². The molecule has 2 unspecified atom stereocenters. The number of aromatic hydroxyl groups is 1. The number of thiophene rings is 1. The number of fused-ring (bicyclic) bond motifs is 1. The molecule has 0 radical (unpaired) electrons. The number of likely N-dealkylation sites (N-methyl/N-ethyl adjacent to an activating group) is 2. The zero-order valence-electron chi connectivity index (χ0n) is 24.2. The minimum Gasteiger partial charge on any atom is -0.508 e. The number of benzene rings is 2. The topological polar surface area (TPSA) is 64.1 Å². The van der Waals surface area contributed by atoms with E-state index in [1.54, 1.807) is 41.3 Å². The van der Waals surface area contributed by atoms with Crippen molar-refractivity contribution < 1.29 is 14.7 Å². The predicted molar refractivity (Wildman–Crippen MR) is 167 cm³/mol. The monoisotopic (exact) mass is 569 g/mol. The number of phenolic OH excluding ortho intramolecular Hbond substituents is 1. The number of rotatable bonds is 7. The molecule has 0 saturated carbocycles. The summed E-state index contributed by atoms with van der Waals surface area (Å²) >= 11 is 1.70. The van der Waals surface area contributed by atoms with Gasteiger partial charge in [0.25, 0.3) is 0 Å². The maximum Gasteiger partial charge on any atom is 0.249 e. The van der Waals surface area contributed by atoms with E-state index in [-0.39, 0.29) is 17.6 Å². The molecule has 2 saturated heterocycles. The molecule has 41 heavy (non-hydrogen) atoms. The minimum absolute atomic E-state index is 0.0238. The summed E-state index contributed by atoms with van der Waals surface area (Å²) in [6.45, 7) is 5.91. The van der Waals surface area contributed by atoms with Gasteiger partial charge in [-0.05, 0) is 110 Å². The minimum atomic E-state index is -0.399. The van der Waals surface area contributed by atoms with Gasteiger partial charge in [-0.3, -0.25) is 9.59 Å². The Balaban J connectivity index is 1.25. The number of nitrogens with zero attached hydrogens (tertiary/aromatic N) is 3. The number of carbonyl (C=O) groups excluding carboxylic acids is 2. The molecule has 6 rings (SSSR count). The fourth-order valence-corrected chi connectivity index (χ4v) is 7.86. The summed E-state index contributed by atoms with van der Waals surface area (Å²) in [4.78, 5) is 32.1. The van der Waals surface area contributed by atoms with E-state index in [0.717, 1.165) is 35.3 Å². The van der Waals surface area contributed by atoms with E-state index in [0.29, 0.717) is 18.8 Å². The number of carbonyl (C=O) groups is 2. The summed E-state index contributed by atoms with van der Waals surface area (Å²) < 4.78 is 1.07. The summed E-state index contributed by atoms with van der Waals surface area (Å²) in [6.07, 6.45) is 10.4. The first-order valence-corrected chi connectivity index (χ1v) is 15.6. The van der Waals surface area contributed by atoms with Crippen LogP contribution in [0.2, 0.25) is 0 Å². The number of hydrogen-bond donors (Lipinski definition) is 1. The number of hydrogen-bond acceptors (Lipinski definition) is 5. The van der Waals surface area contributed by atoms with E-state index >= 15 is 0 Å². The lowest BCUT2D eigenvalue weighted by molar-refractivity contribution is -0.132. The van der Waals surface area contributed by atoms with Gasteiger partial charge in [-0.25, -0.2) is 0 Å². The Hall–Kier alpha value is -3.42. The van der Waals surface area contributed by atoms with Crippen molar-refractivity contribution in [3.63, 3.8) is 0 Å². The van der Waals surface area contributed by atoms with E-state index in [2.05, 4.69) is 36.1 Å². The summed E-state index contributed by atoms with van der Waals surface area (Å²) in [6, 6.07) is 13.4. The van der Waals surface area contributed by atoms with Crippen LogP contribution in [-0.4, -0.2) is 66.5 Å². The molecule has 0 spiro atoms. The van der Waals surface area contributed by atoms with Crippen molar-refractivity contribution in [2.45, 2.75) is 51.5 Å². The van der Waals surface area contributed by atoms with Gasteiger partial charge in [0.2, 0.25) is 11.8 Å². The molecule has 3 aromatic rings. The Morgan fingerprint density at radius 2 is 1.88 bits per heavy atom. The smallest absolute Gasteiger partial charge is 0.249 e. The molecule has 3 aliphatic rings. The second-order valence-corrected chi connectivity index (χ2v) is 12.9. The zero-order valence-corrected chi connectivity index (χ0v) is 25.0. The van der Waals surface area contributed by atoms with Gasteiger partial charge in [0.1, 0.15) is 11.8 Å². The number of allylic oxidation sites excluding steroid dienone is 3. The number of anilines is 1. The van der Waals surface area contributed by atoms with Gasteiger partial charge in [-0.2, -0.15) is 0 Å². The summed E-state index contributed by atoms with van der Waals surface area (Å²) in [5.74, 6) is 0.844. The van der Waals surface area contributed by atoms with Crippen LogP contribution in [0.5, 0.6) is 5.75 Å². The maximum absolute atomic E-state index is 13.1. The van der Waals surface area contributed by atoms with Crippen LogP contribution >= 0.6 is 11.3 Å². The van der Waals surface area contributed by atoms with Crippen molar-refractivity contribution in [2.75, 3.05) is 38.6 Å². The highest BCUT2D eigenvalue weighted by atomic mass is 32.1. The quantitative estimate of drug-likeness (QED) is 0.358. The summed E-state index contributed by atoms with van der Waals surface area (Å²) in [7, 11) is 3.49. The largest absolute Gasteiger partial charge is 0.508 e. The Morgan fingerprint density at radius 1 is 1.12 bits per heavy atom. The van der Waals surface area contributed by atoms with E-state index in [4.69, 9.17) is 0 Å². The second kappa shape index (κ2) is 11.5. The molecule has 2 amide bonds. The van der Waals surface area contributed by atoms with Crippen LogP contribution in [0.25, 0.3) is 20.5 Å². The van der Waals surface area contributed by atoms with Gasteiger partial charge in [-0.15, -0.1) is 11.3 Å². The van der Waals surface area contributed by atoms with Crippen LogP contribution in [-0.2, 0) is 16.0 Å². The standard InChI is InChI=1S/C34H39N3O3S/c1-22-18-23(6-7-25(22)21-37-16-4-5-17-37)19-29-28-13-12-27(38)20-31(28)41-33(29)24-8-10-26(11-9-24)35(2)34(40)30-14-15-32(39)36(30)3/h6,8-13,18,20,25,30,38H,4-5,7,14-17,19,21H2,1-3H3. The van der Waals surface area contributed by atoms with E-state index in [1.165, 1.54) is 52.9 Å². The fourth-order valence-electron chi connectivity index (χ4n) is 6.60. The first kappa shape index (κ1) is 27.7. The Kier molecular flexibility index (Phi) is 7.75. The van der Waals surface area contributed by atoms with Crippen LogP contribution < -0.4 is 4.90 Å². The van der Waals surface area contributed by atoms with Crippen molar-refractivity contribution in [3.8, 4) is 16.2 Å². The molecule has 2 fully saturated rings. The van der Waals surface area contributed by atoms with Gasteiger partial charge < -0.3 is 19.8 Å². The third-order valence-electron chi connectivity index (χ3n) is 9.18. The molecule has 214 valence electrons. The lowest BCUT2D eigenvalue weighted by Crippen LogP contribution is -2.43. The van der Waals surface area contributed by atoms with Gasteiger partial charge in [0.05, 0.1) is 0 Å². The van der Waals surface area contributed by atoms with Crippen molar-refractivity contribution in [3.05, 3.63) is 71.3 Å². The normalized spacial score (nSPS) is 21.4.